The molecule has 2 aromatic carbocycles. The maximum absolute atomic E-state index is 13.1. The first-order chi connectivity index (χ1) is 17.1. The maximum Gasteiger partial charge on any atom is 0.387 e. The highest BCUT2D eigenvalue weighted by atomic mass is 19.3. The van der Waals surface area contributed by atoms with E-state index in [1.807, 2.05) is 42.5 Å². The van der Waals surface area contributed by atoms with Crippen LogP contribution >= 0.6 is 0 Å². The first-order valence-electron chi connectivity index (χ1n) is 11.5. The second-order valence-corrected chi connectivity index (χ2v) is 8.92. The Bertz CT molecular complexity index is 1380. The number of alkyl halides is 2. The summed E-state index contributed by atoms with van der Waals surface area (Å²) in [6.07, 6.45) is 8.15. The number of hydrogen-bond acceptors (Lipinski definition) is 6. The van der Waals surface area contributed by atoms with E-state index in [1.54, 1.807) is 24.7 Å². The predicted molar refractivity (Wildman–Crippen MR) is 127 cm³/mol. The standard InChI is InChI=1S/C27H23F2N5O/c28-26(29)35-23-9-8-20(12-21(23)16-6-7-16)27(22-5-2-10-33-24(22)25(30)34-27)19-4-1-3-17(11-19)18-13-31-15-32-14-18/h1-5,8-16,25-26,34H,6-7,30H2. The van der Waals surface area contributed by atoms with E-state index in [2.05, 4.69) is 26.3 Å². The Hall–Kier alpha value is -3.75. The monoisotopic (exact) mass is 471 g/mol. The van der Waals surface area contributed by atoms with Gasteiger partial charge in [-0.15, -0.1) is 0 Å². The van der Waals surface area contributed by atoms with Gasteiger partial charge in [-0.05, 0) is 65.3 Å². The number of halogens is 2. The molecule has 176 valence electrons. The first-order valence-corrected chi connectivity index (χ1v) is 11.5. The molecule has 2 unspecified atom stereocenters. The Kier molecular flexibility index (Phi) is 5.27. The highest BCUT2D eigenvalue weighted by molar-refractivity contribution is 5.66. The van der Waals surface area contributed by atoms with Gasteiger partial charge >= 0.3 is 6.61 Å². The van der Waals surface area contributed by atoms with Crippen LogP contribution in [0.2, 0.25) is 0 Å². The summed E-state index contributed by atoms with van der Waals surface area (Å²) in [5.74, 6) is 0.433. The van der Waals surface area contributed by atoms with Crippen molar-refractivity contribution in [2.45, 2.75) is 37.1 Å². The summed E-state index contributed by atoms with van der Waals surface area (Å²) in [7, 11) is 0. The minimum atomic E-state index is -2.87. The summed E-state index contributed by atoms with van der Waals surface area (Å²) >= 11 is 0. The van der Waals surface area contributed by atoms with Gasteiger partial charge in [0, 0.05) is 29.7 Å². The van der Waals surface area contributed by atoms with Gasteiger partial charge in [0.05, 0.1) is 11.2 Å². The zero-order chi connectivity index (χ0) is 24.0. The summed E-state index contributed by atoms with van der Waals surface area (Å²) in [4.78, 5) is 12.9. The Balaban J connectivity index is 1.57. The molecule has 2 atom stereocenters. The molecule has 2 aromatic heterocycles. The Morgan fingerprint density at radius 2 is 1.77 bits per heavy atom. The molecule has 6 rings (SSSR count). The smallest absolute Gasteiger partial charge is 0.387 e. The van der Waals surface area contributed by atoms with Crippen LogP contribution in [0, 0.1) is 0 Å². The molecule has 0 saturated heterocycles. The summed E-state index contributed by atoms with van der Waals surface area (Å²) in [6.45, 7) is -2.87. The van der Waals surface area contributed by atoms with Gasteiger partial charge in [0.2, 0.25) is 0 Å². The van der Waals surface area contributed by atoms with Crippen molar-refractivity contribution < 1.29 is 13.5 Å². The number of pyridine rings is 1. The number of nitrogens with two attached hydrogens (primary N) is 1. The van der Waals surface area contributed by atoms with Crippen LogP contribution in [-0.2, 0) is 5.54 Å². The minimum Gasteiger partial charge on any atom is -0.435 e. The Labute approximate surface area is 201 Å². The van der Waals surface area contributed by atoms with Gasteiger partial charge in [0.15, 0.2) is 0 Å². The van der Waals surface area contributed by atoms with E-state index in [4.69, 9.17) is 10.5 Å². The number of fused-ring (bicyclic) bond motifs is 1. The number of aromatic nitrogens is 3. The van der Waals surface area contributed by atoms with Crippen molar-refractivity contribution in [2.75, 3.05) is 0 Å². The van der Waals surface area contributed by atoms with E-state index >= 15 is 0 Å². The molecule has 6 nitrogen and oxygen atoms in total. The fraction of sp³-hybridized carbons (Fsp3) is 0.222. The first kappa shape index (κ1) is 21.8. The van der Waals surface area contributed by atoms with Crippen LogP contribution in [0.1, 0.15) is 52.9 Å². The quantitative estimate of drug-likeness (QED) is 0.417. The van der Waals surface area contributed by atoms with Crippen LogP contribution in [0.3, 0.4) is 0 Å². The largest absolute Gasteiger partial charge is 0.435 e. The molecule has 0 spiro atoms. The third-order valence-electron chi connectivity index (χ3n) is 6.77. The summed E-state index contributed by atoms with van der Waals surface area (Å²) < 4.78 is 31.1. The number of hydrogen-bond donors (Lipinski definition) is 2. The van der Waals surface area contributed by atoms with Crippen molar-refractivity contribution in [3.05, 3.63) is 107 Å². The van der Waals surface area contributed by atoms with E-state index in [9.17, 15) is 8.78 Å². The van der Waals surface area contributed by atoms with E-state index in [0.29, 0.717) is 0 Å². The average Bonchev–Trinajstić information content (AvgIpc) is 3.69. The molecule has 8 heteroatoms. The van der Waals surface area contributed by atoms with Gasteiger partial charge in [-0.1, -0.05) is 30.3 Å². The summed E-state index contributed by atoms with van der Waals surface area (Å²) in [6, 6.07) is 17.5. The number of benzene rings is 2. The lowest BCUT2D eigenvalue weighted by molar-refractivity contribution is -0.0504. The third kappa shape index (κ3) is 3.75. The summed E-state index contributed by atoms with van der Waals surface area (Å²) in [5.41, 5.74) is 11.9. The van der Waals surface area contributed by atoms with E-state index in [-0.39, 0.29) is 11.7 Å². The molecule has 3 heterocycles. The number of nitrogens with one attached hydrogen (secondary N) is 1. The van der Waals surface area contributed by atoms with E-state index in [1.165, 1.54) is 6.33 Å². The van der Waals surface area contributed by atoms with Crippen LogP contribution in [0.5, 0.6) is 5.75 Å². The maximum atomic E-state index is 13.1. The van der Waals surface area contributed by atoms with E-state index < -0.39 is 18.3 Å². The molecule has 35 heavy (non-hydrogen) atoms. The number of nitrogens with zero attached hydrogens (tertiary/aromatic N) is 3. The SMILES string of the molecule is NC1NC(c2cccc(-c3cncnc3)c2)(c2ccc(OC(F)F)c(C3CC3)c2)c2cccnc21. The van der Waals surface area contributed by atoms with Gasteiger partial charge in [-0.2, -0.15) is 8.78 Å². The molecule has 0 bridgehead atoms. The fourth-order valence-corrected chi connectivity index (χ4v) is 5.08. The van der Waals surface area contributed by atoms with E-state index in [0.717, 1.165) is 51.9 Å². The van der Waals surface area contributed by atoms with Crippen molar-refractivity contribution in [1.29, 1.82) is 0 Å². The van der Waals surface area contributed by atoms with Crippen LogP contribution < -0.4 is 15.8 Å². The zero-order valence-electron chi connectivity index (χ0n) is 18.7. The van der Waals surface area contributed by atoms with Crippen molar-refractivity contribution in [2.24, 2.45) is 5.73 Å². The van der Waals surface area contributed by atoms with Crippen LogP contribution in [-0.4, -0.2) is 21.6 Å². The van der Waals surface area contributed by atoms with Crippen molar-refractivity contribution >= 4 is 0 Å². The Morgan fingerprint density at radius 3 is 2.54 bits per heavy atom. The highest BCUT2D eigenvalue weighted by Gasteiger charge is 2.46. The second-order valence-electron chi connectivity index (χ2n) is 8.92. The van der Waals surface area contributed by atoms with Gasteiger partial charge < -0.3 is 10.5 Å². The molecule has 0 radical (unpaired) electrons. The fourth-order valence-electron chi connectivity index (χ4n) is 5.08. The topological polar surface area (TPSA) is 86.0 Å². The van der Waals surface area contributed by atoms with Crippen molar-refractivity contribution in [3.63, 3.8) is 0 Å². The van der Waals surface area contributed by atoms with Gasteiger partial charge in [-0.25, -0.2) is 9.97 Å². The average molecular weight is 472 g/mol. The molecule has 4 aromatic rings. The van der Waals surface area contributed by atoms with Crippen LogP contribution in [0.25, 0.3) is 11.1 Å². The molecule has 1 aliphatic heterocycles. The molecule has 1 saturated carbocycles. The third-order valence-corrected chi connectivity index (χ3v) is 6.77. The van der Waals surface area contributed by atoms with Crippen molar-refractivity contribution in [3.8, 4) is 16.9 Å². The second kappa shape index (κ2) is 8.48. The zero-order valence-corrected chi connectivity index (χ0v) is 18.7. The summed E-state index contributed by atoms with van der Waals surface area (Å²) in [5, 5.41) is 3.59. The Morgan fingerprint density at radius 1 is 0.971 bits per heavy atom. The normalized spacial score (nSPS) is 21.2. The van der Waals surface area contributed by atoms with Crippen LogP contribution in [0.4, 0.5) is 8.78 Å². The predicted octanol–water partition coefficient (Wildman–Crippen LogP) is 4.87. The lowest BCUT2D eigenvalue weighted by Crippen LogP contribution is -2.42. The molecular weight excluding hydrogens is 448 g/mol. The molecule has 1 fully saturated rings. The number of ether oxygens (including phenoxy) is 1. The van der Waals surface area contributed by atoms with Crippen LogP contribution in [0.15, 0.2) is 79.5 Å². The highest BCUT2D eigenvalue weighted by Crippen LogP contribution is 2.50. The molecule has 3 N–H and O–H groups in total. The minimum absolute atomic E-state index is 0.206. The van der Waals surface area contributed by atoms with Gasteiger partial charge in [0.25, 0.3) is 0 Å². The number of rotatable bonds is 6. The van der Waals surface area contributed by atoms with Gasteiger partial charge in [0.1, 0.15) is 18.2 Å². The molecule has 2 aliphatic rings. The van der Waals surface area contributed by atoms with Gasteiger partial charge in [-0.3, -0.25) is 10.3 Å². The van der Waals surface area contributed by atoms with Crippen molar-refractivity contribution in [1.82, 2.24) is 20.3 Å². The molecule has 0 amide bonds. The molecule has 1 aliphatic carbocycles. The molecular formula is C27H23F2N5O. The lowest BCUT2D eigenvalue weighted by Gasteiger charge is -2.34. The lowest BCUT2D eigenvalue weighted by atomic mass is 9.77.